The van der Waals surface area contributed by atoms with Crippen LogP contribution in [0.25, 0.3) is 11.3 Å². The molecule has 144 valence electrons. The summed E-state index contributed by atoms with van der Waals surface area (Å²) in [6.07, 6.45) is 4.13. The van der Waals surface area contributed by atoms with Gasteiger partial charge in [0.05, 0.1) is 29.0 Å². The van der Waals surface area contributed by atoms with Gasteiger partial charge < -0.3 is 10.6 Å². The van der Waals surface area contributed by atoms with Crippen LogP contribution in [-0.4, -0.2) is 38.9 Å². The van der Waals surface area contributed by atoms with Crippen LogP contribution in [0.15, 0.2) is 36.7 Å². The Morgan fingerprint density at radius 3 is 2.82 bits per heavy atom. The number of hydrogen-bond acceptors (Lipinski definition) is 5. The Kier molecular flexibility index (Phi) is 4.68. The summed E-state index contributed by atoms with van der Waals surface area (Å²) in [5.74, 6) is 0.624. The molecule has 0 unspecified atom stereocenters. The molecular weight excluding hydrogens is 354 g/mol. The molecule has 0 spiro atoms. The number of carbonyl (C=O) groups is 1. The quantitative estimate of drug-likeness (QED) is 0.715. The van der Waals surface area contributed by atoms with Gasteiger partial charge in [0, 0.05) is 37.6 Å². The summed E-state index contributed by atoms with van der Waals surface area (Å²) in [4.78, 5) is 23.6. The molecule has 3 aromatic rings. The van der Waals surface area contributed by atoms with E-state index < -0.39 is 0 Å². The third kappa shape index (κ3) is 3.28. The minimum Gasteiger partial charge on any atom is -0.382 e. The number of carbonyl (C=O) groups excluding carboxylic acids is 1. The third-order valence-corrected chi connectivity index (χ3v) is 4.93. The number of amides is 2. The maximum Gasteiger partial charge on any atom is 0.327 e. The zero-order chi connectivity index (χ0) is 19.7. The summed E-state index contributed by atoms with van der Waals surface area (Å²) in [5.41, 5.74) is 5.27. The van der Waals surface area contributed by atoms with E-state index in [0.717, 1.165) is 41.3 Å². The first kappa shape index (κ1) is 18.0. The highest BCUT2D eigenvalue weighted by Gasteiger charge is 2.24. The Hall–Kier alpha value is -3.42. The van der Waals surface area contributed by atoms with Gasteiger partial charge >= 0.3 is 6.03 Å². The number of fused-ring (bicyclic) bond motifs is 1. The summed E-state index contributed by atoms with van der Waals surface area (Å²) in [5, 5.41) is 10.8. The van der Waals surface area contributed by atoms with Crippen molar-refractivity contribution in [3.8, 4) is 11.3 Å². The molecule has 0 aromatic carbocycles. The van der Waals surface area contributed by atoms with E-state index in [4.69, 9.17) is 4.98 Å². The van der Waals surface area contributed by atoms with E-state index in [1.807, 2.05) is 43.8 Å². The van der Waals surface area contributed by atoms with Crippen molar-refractivity contribution in [1.82, 2.24) is 19.7 Å². The molecule has 3 aromatic heterocycles. The first-order valence-corrected chi connectivity index (χ1v) is 9.28. The molecule has 2 N–H and O–H groups in total. The minimum atomic E-state index is -0.220. The number of anilines is 3. The average Bonchev–Trinajstić information content (AvgIpc) is 2.85. The van der Waals surface area contributed by atoms with E-state index in [2.05, 4.69) is 20.7 Å². The van der Waals surface area contributed by atoms with Gasteiger partial charge in [0.15, 0.2) is 5.82 Å². The van der Waals surface area contributed by atoms with Crippen molar-refractivity contribution in [2.75, 3.05) is 28.6 Å². The Balaban J connectivity index is 1.73. The standard InChI is InChI=1S/C20H23N7O/c1-13-18(14(2)26(3)25-13)16-7-8-17-19(24-16)27(11-5-10-22-17)20(28)23-15-6-4-9-21-12-15/h4,6-9,12,22H,5,10-11H2,1-3H3,(H,23,28). The van der Waals surface area contributed by atoms with Crippen molar-refractivity contribution in [2.24, 2.45) is 7.05 Å². The van der Waals surface area contributed by atoms with E-state index in [1.54, 1.807) is 23.4 Å². The molecule has 8 heteroatoms. The molecule has 0 atom stereocenters. The van der Waals surface area contributed by atoms with Gasteiger partial charge in [-0.25, -0.2) is 9.78 Å². The summed E-state index contributed by atoms with van der Waals surface area (Å²) in [6.45, 7) is 5.36. The van der Waals surface area contributed by atoms with Crippen LogP contribution in [-0.2, 0) is 7.05 Å². The smallest absolute Gasteiger partial charge is 0.327 e. The molecule has 0 aliphatic carbocycles. The van der Waals surface area contributed by atoms with Gasteiger partial charge in [-0.15, -0.1) is 0 Å². The lowest BCUT2D eigenvalue weighted by Gasteiger charge is -2.22. The number of aromatic nitrogens is 4. The number of aryl methyl sites for hydroxylation is 2. The number of nitrogens with one attached hydrogen (secondary N) is 2. The van der Waals surface area contributed by atoms with Crippen molar-refractivity contribution >= 4 is 23.2 Å². The molecule has 28 heavy (non-hydrogen) atoms. The lowest BCUT2D eigenvalue weighted by Crippen LogP contribution is -2.36. The molecule has 0 radical (unpaired) electrons. The Morgan fingerprint density at radius 2 is 2.11 bits per heavy atom. The summed E-state index contributed by atoms with van der Waals surface area (Å²) >= 11 is 0. The Morgan fingerprint density at radius 1 is 1.25 bits per heavy atom. The highest BCUT2D eigenvalue weighted by atomic mass is 16.2. The predicted molar refractivity (Wildman–Crippen MR) is 110 cm³/mol. The predicted octanol–water partition coefficient (Wildman–Crippen LogP) is 3.35. The molecule has 2 amide bonds. The van der Waals surface area contributed by atoms with Crippen molar-refractivity contribution in [1.29, 1.82) is 0 Å². The van der Waals surface area contributed by atoms with Crippen molar-refractivity contribution in [3.05, 3.63) is 48.0 Å². The fourth-order valence-electron chi connectivity index (χ4n) is 3.47. The molecule has 4 rings (SSSR count). The van der Waals surface area contributed by atoms with E-state index in [9.17, 15) is 4.79 Å². The number of nitrogens with zero attached hydrogens (tertiary/aromatic N) is 5. The minimum absolute atomic E-state index is 0.220. The summed E-state index contributed by atoms with van der Waals surface area (Å²) < 4.78 is 1.85. The van der Waals surface area contributed by atoms with Gasteiger partial charge in [-0.05, 0) is 44.5 Å². The first-order valence-electron chi connectivity index (χ1n) is 9.28. The molecule has 0 saturated heterocycles. The average molecular weight is 377 g/mol. The van der Waals surface area contributed by atoms with E-state index >= 15 is 0 Å². The molecular formula is C20H23N7O. The first-order chi connectivity index (χ1) is 13.5. The van der Waals surface area contributed by atoms with Crippen LogP contribution in [0, 0.1) is 13.8 Å². The monoisotopic (exact) mass is 377 g/mol. The second-order valence-electron chi connectivity index (χ2n) is 6.84. The molecule has 1 aliphatic rings. The van der Waals surface area contributed by atoms with Gasteiger partial charge in [-0.2, -0.15) is 5.10 Å². The molecule has 0 fully saturated rings. The lowest BCUT2D eigenvalue weighted by atomic mass is 10.1. The summed E-state index contributed by atoms with van der Waals surface area (Å²) in [7, 11) is 1.92. The van der Waals surface area contributed by atoms with Gasteiger partial charge in [0.1, 0.15) is 0 Å². The zero-order valence-corrected chi connectivity index (χ0v) is 16.2. The van der Waals surface area contributed by atoms with Crippen molar-refractivity contribution in [3.63, 3.8) is 0 Å². The molecule has 1 aliphatic heterocycles. The van der Waals surface area contributed by atoms with Crippen LogP contribution in [0.1, 0.15) is 17.8 Å². The summed E-state index contributed by atoms with van der Waals surface area (Å²) in [6, 6.07) is 7.35. The maximum absolute atomic E-state index is 13.0. The Bertz CT molecular complexity index is 1010. The third-order valence-electron chi connectivity index (χ3n) is 4.93. The number of hydrogen-bond donors (Lipinski definition) is 2. The van der Waals surface area contributed by atoms with Crippen LogP contribution >= 0.6 is 0 Å². The van der Waals surface area contributed by atoms with Crippen molar-refractivity contribution < 1.29 is 4.79 Å². The fourth-order valence-corrected chi connectivity index (χ4v) is 3.47. The van der Waals surface area contributed by atoms with Gasteiger partial charge in [0.2, 0.25) is 0 Å². The molecule has 0 saturated carbocycles. The second-order valence-corrected chi connectivity index (χ2v) is 6.84. The van der Waals surface area contributed by atoms with Gasteiger partial charge in [-0.3, -0.25) is 14.6 Å². The molecule has 8 nitrogen and oxygen atoms in total. The largest absolute Gasteiger partial charge is 0.382 e. The number of pyridine rings is 2. The SMILES string of the molecule is Cc1nn(C)c(C)c1-c1ccc2c(n1)N(C(=O)Nc1cccnc1)CCCN2. The zero-order valence-electron chi connectivity index (χ0n) is 16.2. The lowest BCUT2D eigenvalue weighted by molar-refractivity contribution is 0.257. The van der Waals surface area contributed by atoms with E-state index in [0.29, 0.717) is 18.1 Å². The van der Waals surface area contributed by atoms with Gasteiger partial charge in [-0.1, -0.05) is 0 Å². The van der Waals surface area contributed by atoms with Crippen LogP contribution in [0.3, 0.4) is 0 Å². The highest BCUT2D eigenvalue weighted by Crippen LogP contribution is 2.32. The van der Waals surface area contributed by atoms with Crippen molar-refractivity contribution in [2.45, 2.75) is 20.3 Å². The van der Waals surface area contributed by atoms with Crippen LogP contribution in [0.2, 0.25) is 0 Å². The second kappa shape index (κ2) is 7.30. The van der Waals surface area contributed by atoms with Crippen LogP contribution < -0.4 is 15.5 Å². The highest BCUT2D eigenvalue weighted by molar-refractivity contribution is 6.03. The molecule has 4 heterocycles. The van der Waals surface area contributed by atoms with Gasteiger partial charge in [0.25, 0.3) is 0 Å². The van der Waals surface area contributed by atoms with E-state index in [-0.39, 0.29) is 6.03 Å². The topological polar surface area (TPSA) is 88.0 Å². The maximum atomic E-state index is 13.0. The van der Waals surface area contributed by atoms with Crippen LogP contribution in [0.4, 0.5) is 22.0 Å². The molecule has 0 bridgehead atoms. The number of urea groups is 1. The fraction of sp³-hybridized carbons (Fsp3) is 0.300. The van der Waals surface area contributed by atoms with Crippen LogP contribution in [0.5, 0.6) is 0 Å². The van der Waals surface area contributed by atoms with E-state index in [1.165, 1.54) is 0 Å². The normalized spacial score (nSPS) is 13.5. The Labute approximate surface area is 163 Å². The number of rotatable bonds is 2.